The maximum atomic E-state index is 3.03. The zero-order valence-electron chi connectivity index (χ0n) is 5.23. The van der Waals surface area contributed by atoms with Gasteiger partial charge in [-0.15, -0.1) is 0 Å². The van der Waals surface area contributed by atoms with Crippen molar-refractivity contribution in [2.24, 2.45) is 0 Å². The first-order valence-corrected chi connectivity index (χ1v) is 2.73. The van der Waals surface area contributed by atoms with Gasteiger partial charge in [0.05, 0.1) is 0 Å². The van der Waals surface area contributed by atoms with Crippen LogP contribution in [0.4, 0.5) is 0 Å². The maximum absolute atomic E-state index is 3.03. The van der Waals surface area contributed by atoms with Crippen LogP contribution in [0.3, 0.4) is 0 Å². The van der Waals surface area contributed by atoms with Crippen molar-refractivity contribution in [3.8, 4) is 0 Å². The molecule has 0 spiro atoms. The van der Waals surface area contributed by atoms with Gasteiger partial charge < -0.3 is 0 Å². The van der Waals surface area contributed by atoms with Crippen molar-refractivity contribution in [3.05, 3.63) is 29.6 Å². The van der Waals surface area contributed by atoms with Crippen molar-refractivity contribution >= 4 is 0 Å². The van der Waals surface area contributed by atoms with E-state index in [0.29, 0.717) is 0 Å². The molecular weight excluding hydrogens is 98.1 g/mol. The van der Waals surface area contributed by atoms with Crippen molar-refractivity contribution in [3.63, 3.8) is 0 Å². The molecule has 0 saturated heterocycles. The number of hydrogen-bond acceptors (Lipinski definition) is 0. The van der Waals surface area contributed by atoms with Gasteiger partial charge in [-0.2, -0.15) is 0 Å². The molecule has 1 rings (SSSR count). The van der Waals surface area contributed by atoms with Gasteiger partial charge in [0.25, 0.3) is 0 Å². The molecule has 1 heteroatoms. The van der Waals surface area contributed by atoms with E-state index in [1.54, 1.807) is 0 Å². The lowest BCUT2D eigenvalue weighted by molar-refractivity contribution is -0.379. The fourth-order valence-electron chi connectivity index (χ4n) is 0.747. The van der Waals surface area contributed by atoms with Crippen LogP contribution < -0.4 is 4.98 Å². The van der Waals surface area contributed by atoms with E-state index < -0.39 is 0 Å². The summed E-state index contributed by atoms with van der Waals surface area (Å²) in [5, 5.41) is 0. The Morgan fingerprint density at radius 3 is 1.88 bits per heavy atom. The first kappa shape index (κ1) is 5.29. The Hall–Kier alpha value is -0.850. The zero-order valence-corrected chi connectivity index (χ0v) is 5.23. The first-order chi connectivity index (χ1) is 3.79. The second-order valence-corrected chi connectivity index (χ2v) is 2.09. The van der Waals surface area contributed by atoms with E-state index in [2.05, 4.69) is 24.9 Å². The summed E-state index contributed by atoms with van der Waals surface area (Å²) >= 11 is 0. The molecule has 42 valence electrons. The quantitative estimate of drug-likeness (QED) is 0.473. The van der Waals surface area contributed by atoms with Crippen LogP contribution in [-0.4, -0.2) is 0 Å². The van der Waals surface area contributed by atoms with Gasteiger partial charge >= 0.3 is 0 Å². The summed E-state index contributed by atoms with van der Waals surface area (Å²) in [6.07, 6.45) is 3.96. The van der Waals surface area contributed by atoms with Crippen LogP contribution in [-0.2, 0) is 0 Å². The topological polar surface area (TPSA) is 14.1 Å². The minimum atomic E-state index is 1.28. The van der Waals surface area contributed by atoms with E-state index in [0.717, 1.165) is 0 Å². The van der Waals surface area contributed by atoms with Gasteiger partial charge in [0.1, 0.15) is 0 Å². The summed E-state index contributed by atoms with van der Waals surface area (Å²) in [5.41, 5.74) is 2.56. The molecule has 0 radical (unpaired) electrons. The van der Waals surface area contributed by atoms with E-state index in [9.17, 15) is 0 Å². The minimum absolute atomic E-state index is 1.28. The molecule has 1 aromatic rings. The highest BCUT2D eigenvalue weighted by atomic mass is 14.6. The van der Waals surface area contributed by atoms with Gasteiger partial charge in [0.15, 0.2) is 12.4 Å². The Kier molecular flexibility index (Phi) is 1.29. The predicted molar refractivity (Wildman–Crippen MR) is 32.5 cm³/mol. The van der Waals surface area contributed by atoms with Crippen LogP contribution in [0.15, 0.2) is 18.5 Å². The molecule has 8 heavy (non-hydrogen) atoms. The molecule has 0 aliphatic rings. The summed E-state index contributed by atoms with van der Waals surface area (Å²) in [6.45, 7) is 4.15. The summed E-state index contributed by atoms with van der Waals surface area (Å²) in [7, 11) is 0. The Morgan fingerprint density at radius 2 is 1.62 bits per heavy atom. The van der Waals surface area contributed by atoms with Gasteiger partial charge in [0, 0.05) is 11.1 Å². The smallest absolute Gasteiger partial charge is 0.169 e. The Morgan fingerprint density at radius 1 is 1.12 bits per heavy atom. The molecule has 0 atom stereocenters. The molecule has 0 amide bonds. The molecule has 1 N–H and O–H groups in total. The second-order valence-electron chi connectivity index (χ2n) is 2.09. The zero-order chi connectivity index (χ0) is 5.98. The summed E-state index contributed by atoms with van der Waals surface area (Å²) < 4.78 is 0. The van der Waals surface area contributed by atoms with E-state index in [4.69, 9.17) is 0 Å². The lowest BCUT2D eigenvalue weighted by atomic mass is 10.2. The van der Waals surface area contributed by atoms with Crippen LogP contribution >= 0.6 is 0 Å². The van der Waals surface area contributed by atoms with Gasteiger partial charge in [-0.1, -0.05) is 0 Å². The third-order valence-electron chi connectivity index (χ3n) is 1.08. The number of aromatic nitrogens is 1. The van der Waals surface area contributed by atoms with Crippen molar-refractivity contribution < 1.29 is 4.98 Å². The molecule has 0 aliphatic heterocycles. The largest absolute Gasteiger partial charge is 0.217 e. The molecule has 1 nitrogen and oxygen atoms in total. The third kappa shape index (κ3) is 1.06. The van der Waals surface area contributed by atoms with Gasteiger partial charge in [-0.25, -0.2) is 4.98 Å². The Balaban J connectivity index is 3.08. The van der Waals surface area contributed by atoms with Crippen molar-refractivity contribution in [2.75, 3.05) is 0 Å². The SMILES string of the molecule is Cc1c[nH+]cc(C)c1. The van der Waals surface area contributed by atoms with Crippen molar-refractivity contribution in [1.29, 1.82) is 0 Å². The molecular formula is C7H10N+. The van der Waals surface area contributed by atoms with Crippen molar-refractivity contribution in [1.82, 2.24) is 0 Å². The van der Waals surface area contributed by atoms with Crippen LogP contribution in [0.2, 0.25) is 0 Å². The van der Waals surface area contributed by atoms with Crippen LogP contribution in [0.1, 0.15) is 11.1 Å². The third-order valence-corrected chi connectivity index (χ3v) is 1.08. The Bertz CT molecular complexity index is 164. The number of hydrogen-bond donors (Lipinski definition) is 0. The monoisotopic (exact) mass is 108 g/mol. The Labute approximate surface area is 49.4 Å². The highest BCUT2D eigenvalue weighted by Gasteiger charge is 1.87. The number of aryl methyl sites for hydroxylation is 2. The fraction of sp³-hybridized carbons (Fsp3) is 0.286. The van der Waals surface area contributed by atoms with E-state index in [1.807, 2.05) is 12.4 Å². The predicted octanol–water partition coefficient (Wildman–Crippen LogP) is 1.12. The fourth-order valence-corrected chi connectivity index (χ4v) is 0.747. The maximum Gasteiger partial charge on any atom is 0.169 e. The van der Waals surface area contributed by atoms with Gasteiger partial charge in [0.2, 0.25) is 0 Å². The molecule has 0 saturated carbocycles. The standard InChI is InChI=1S/C7H9N/c1-6-3-7(2)5-8-4-6/h3-5H,1-2H3/p+1. The van der Waals surface area contributed by atoms with Crippen LogP contribution in [0, 0.1) is 13.8 Å². The van der Waals surface area contributed by atoms with Gasteiger partial charge in [-0.3, -0.25) is 0 Å². The number of rotatable bonds is 0. The lowest BCUT2D eigenvalue weighted by Gasteiger charge is -1.84. The number of H-pyrrole nitrogens is 1. The first-order valence-electron chi connectivity index (χ1n) is 2.73. The summed E-state index contributed by atoms with van der Waals surface area (Å²) in [4.78, 5) is 3.03. The average molecular weight is 108 g/mol. The summed E-state index contributed by atoms with van der Waals surface area (Å²) in [6, 6.07) is 2.14. The number of nitrogens with one attached hydrogen (secondary N) is 1. The van der Waals surface area contributed by atoms with Crippen molar-refractivity contribution in [2.45, 2.75) is 13.8 Å². The highest BCUT2D eigenvalue weighted by molar-refractivity contribution is 5.10. The molecule has 0 aliphatic carbocycles. The number of pyridine rings is 1. The summed E-state index contributed by atoms with van der Waals surface area (Å²) in [5.74, 6) is 0. The van der Waals surface area contributed by atoms with E-state index in [1.165, 1.54) is 11.1 Å². The van der Waals surface area contributed by atoms with Crippen LogP contribution in [0.5, 0.6) is 0 Å². The van der Waals surface area contributed by atoms with Gasteiger partial charge in [-0.05, 0) is 19.9 Å². The molecule has 1 heterocycles. The average Bonchev–Trinajstić information content (AvgIpc) is 1.64. The number of aromatic amines is 1. The molecule has 0 bridgehead atoms. The highest BCUT2D eigenvalue weighted by Crippen LogP contribution is 1.93. The van der Waals surface area contributed by atoms with E-state index >= 15 is 0 Å². The molecule has 0 unspecified atom stereocenters. The normalized spacial score (nSPS) is 9.25. The molecule has 1 aromatic heterocycles. The lowest BCUT2D eigenvalue weighted by Crippen LogP contribution is -2.00. The second kappa shape index (κ2) is 1.95. The van der Waals surface area contributed by atoms with E-state index in [-0.39, 0.29) is 0 Å². The molecule has 0 aromatic carbocycles. The van der Waals surface area contributed by atoms with Crippen LogP contribution in [0.25, 0.3) is 0 Å². The minimum Gasteiger partial charge on any atom is -0.217 e. The molecule has 0 fully saturated rings.